The zero-order valence-corrected chi connectivity index (χ0v) is 13.8. The van der Waals surface area contributed by atoms with Crippen LogP contribution >= 0.6 is 15.9 Å². The Hall–Kier alpha value is -1.68. The topological polar surface area (TPSA) is 29.1 Å². The fourth-order valence-electron chi connectivity index (χ4n) is 2.20. The number of amides is 1. The lowest BCUT2D eigenvalue weighted by Crippen LogP contribution is -2.15. The van der Waals surface area contributed by atoms with E-state index in [-0.39, 0.29) is 11.7 Å². The highest BCUT2D eigenvalue weighted by atomic mass is 79.9. The van der Waals surface area contributed by atoms with E-state index < -0.39 is 0 Å². The number of hydrogen-bond acceptors (Lipinski definition) is 1. The molecule has 0 radical (unpaired) electrons. The van der Waals surface area contributed by atoms with Crippen LogP contribution in [0.15, 0.2) is 40.9 Å². The summed E-state index contributed by atoms with van der Waals surface area (Å²) < 4.78 is 13.6. The zero-order valence-electron chi connectivity index (χ0n) is 12.2. The first-order valence-corrected chi connectivity index (χ1v) is 7.55. The molecule has 0 unspecified atom stereocenters. The van der Waals surface area contributed by atoms with E-state index in [1.54, 1.807) is 0 Å². The summed E-state index contributed by atoms with van der Waals surface area (Å²) in [5.41, 5.74) is 3.33. The van der Waals surface area contributed by atoms with Crippen LogP contribution in [0.4, 0.5) is 10.1 Å². The van der Waals surface area contributed by atoms with Crippen LogP contribution < -0.4 is 5.32 Å². The molecule has 0 aliphatic rings. The SMILES string of the molecule is Cc1cccc(C(C)C)c1NC(=O)c1ccc(F)cc1Br. The maximum atomic E-state index is 13.1. The summed E-state index contributed by atoms with van der Waals surface area (Å²) in [5, 5.41) is 2.95. The van der Waals surface area contributed by atoms with E-state index in [1.807, 2.05) is 25.1 Å². The molecule has 1 N–H and O–H groups in total. The predicted molar refractivity (Wildman–Crippen MR) is 87.3 cm³/mol. The van der Waals surface area contributed by atoms with E-state index in [0.29, 0.717) is 16.0 Å². The number of benzene rings is 2. The van der Waals surface area contributed by atoms with Crippen molar-refractivity contribution >= 4 is 27.5 Å². The summed E-state index contributed by atoms with van der Waals surface area (Å²) in [6, 6.07) is 9.99. The Balaban J connectivity index is 2.36. The Labute approximate surface area is 132 Å². The van der Waals surface area contributed by atoms with Gasteiger partial charge in [0.2, 0.25) is 0 Å². The van der Waals surface area contributed by atoms with Crippen LogP contribution in [0.5, 0.6) is 0 Å². The molecule has 2 rings (SSSR count). The molecule has 0 spiro atoms. The minimum Gasteiger partial charge on any atom is -0.321 e. The van der Waals surface area contributed by atoms with Crippen molar-refractivity contribution in [3.8, 4) is 0 Å². The number of carbonyl (C=O) groups excluding carboxylic acids is 1. The van der Waals surface area contributed by atoms with E-state index in [0.717, 1.165) is 16.8 Å². The van der Waals surface area contributed by atoms with Gasteiger partial charge in [0.05, 0.1) is 5.56 Å². The first-order chi connectivity index (χ1) is 9.90. The first-order valence-electron chi connectivity index (χ1n) is 6.76. The minimum atomic E-state index is -0.378. The molecule has 0 saturated carbocycles. The van der Waals surface area contributed by atoms with Crippen molar-refractivity contribution in [1.29, 1.82) is 0 Å². The highest BCUT2D eigenvalue weighted by Crippen LogP contribution is 2.28. The van der Waals surface area contributed by atoms with Gasteiger partial charge in [0, 0.05) is 10.2 Å². The van der Waals surface area contributed by atoms with Gasteiger partial charge in [0.15, 0.2) is 0 Å². The third kappa shape index (κ3) is 3.50. The number of hydrogen-bond donors (Lipinski definition) is 1. The van der Waals surface area contributed by atoms with Gasteiger partial charge in [-0.15, -0.1) is 0 Å². The minimum absolute atomic E-state index is 0.252. The van der Waals surface area contributed by atoms with Crippen LogP contribution in [0.25, 0.3) is 0 Å². The molecular formula is C17H17BrFNO. The fraction of sp³-hybridized carbons (Fsp3) is 0.235. The normalized spacial score (nSPS) is 10.8. The van der Waals surface area contributed by atoms with Crippen LogP contribution in [-0.4, -0.2) is 5.91 Å². The van der Waals surface area contributed by atoms with Gasteiger partial charge in [-0.1, -0.05) is 32.0 Å². The molecule has 0 atom stereocenters. The summed E-state index contributed by atoms with van der Waals surface area (Å²) in [6.07, 6.45) is 0. The molecule has 0 heterocycles. The average molecular weight is 350 g/mol. The molecule has 4 heteroatoms. The molecule has 0 aliphatic heterocycles. The van der Waals surface area contributed by atoms with Crippen LogP contribution in [0.3, 0.4) is 0 Å². The number of carbonyl (C=O) groups is 1. The molecule has 0 aromatic heterocycles. The van der Waals surface area contributed by atoms with E-state index in [2.05, 4.69) is 35.1 Å². The van der Waals surface area contributed by atoms with Crippen molar-refractivity contribution in [3.05, 3.63) is 63.4 Å². The molecule has 21 heavy (non-hydrogen) atoms. The molecule has 2 aromatic carbocycles. The molecule has 1 amide bonds. The Morgan fingerprint density at radius 1 is 1.24 bits per heavy atom. The fourth-order valence-corrected chi connectivity index (χ4v) is 2.73. The second kappa shape index (κ2) is 6.39. The molecule has 0 bridgehead atoms. The van der Waals surface area contributed by atoms with Crippen LogP contribution in [0.2, 0.25) is 0 Å². The Morgan fingerprint density at radius 3 is 2.57 bits per heavy atom. The van der Waals surface area contributed by atoms with Gasteiger partial charge in [0.1, 0.15) is 5.82 Å². The highest BCUT2D eigenvalue weighted by Gasteiger charge is 2.15. The van der Waals surface area contributed by atoms with Crippen molar-refractivity contribution < 1.29 is 9.18 Å². The molecule has 0 saturated heterocycles. The Morgan fingerprint density at radius 2 is 1.95 bits per heavy atom. The maximum Gasteiger partial charge on any atom is 0.256 e. The lowest BCUT2D eigenvalue weighted by molar-refractivity contribution is 0.102. The number of para-hydroxylation sites is 1. The second-order valence-corrected chi connectivity index (χ2v) is 6.13. The summed E-state index contributed by atoms with van der Waals surface area (Å²) in [4.78, 5) is 12.4. The summed E-state index contributed by atoms with van der Waals surface area (Å²) in [7, 11) is 0. The number of nitrogens with one attached hydrogen (secondary N) is 1. The van der Waals surface area contributed by atoms with E-state index in [4.69, 9.17) is 0 Å². The van der Waals surface area contributed by atoms with Crippen LogP contribution in [-0.2, 0) is 0 Å². The zero-order chi connectivity index (χ0) is 15.6. The average Bonchev–Trinajstić information content (AvgIpc) is 2.40. The van der Waals surface area contributed by atoms with E-state index in [1.165, 1.54) is 18.2 Å². The first kappa shape index (κ1) is 15.7. The molecular weight excluding hydrogens is 333 g/mol. The van der Waals surface area contributed by atoms with Crippen LogP contribution in [0, 0.1) is 12.7 Å². The van der Waals surface area contributed by atoms with Gasteiger partial charge >= 0.3 is 0 Å². The molecule has 110 valence electrons. The van der Waals surface area contributed by atoms with Crippen molar-refractivity contribution in [2.24, 2.45) is 0 Å². The summed E-state index contributed by atoms with van der Waals surface area (Å²) >= 11 is 3.23. The predicted octanol–water partition coefficient (Wildman–Crippen LogP) is 5.27. The summed E-state index contributed by atoms with van der Waals surface area (Å²) in [6.45, 7) is 6.12. The maximum absolute atomic E-state index is 13.1. The number of anilines is 1. The number of aryl methyl sites for hydroxylation is 1. The third-order valence-corrected chi connectivity index (χ3v) is 4.00. The molecule has 2 aromatic rings. The molecule has 0 fully saturated rings. The third-order valence-electron chi connectivity index (χ3n) is 3.34. The van der Waals surface area contributed by atoms with Gasteiger partial charge in [-0.3, -0.25) is 4.79 Å². The monoisotopic (exact) mass is 349 g/mol. The van der Waals surface area contributed by atoms with Gasteiger partial charge in [-0.2, -0.15) is 0 Å². The van der Waals surface area contributed by atoms with Crippen molar-refractivity contribution in [2.75, 3.05) is 5.32 Å². The highest BCUT2D eigenvalue weighted by molar-refractivity contribution is 9.10. The van der Waals surface area contributed by atoms with E-state index in [9.17, 15) is 9.18 Å². The Kier molecular flexibility index (Phi) is 4.78. The van der Waals surface area contributed by atoms with Crippen molar-refractivity contribution in [3.63, 3.8) is 0 Å². The standard InChI is InChI=1S/C17H17BrFNO/c1-10(2)13-6-4-5-11(3)16(13)20-17(21)14-8-7-12(19)9-15(14)18/h4-10H,1-3H3,(H,20,21). The Bertz CT molecular complexity index is 682. The van der Waals surface area contributed by atoms with Gasteiger partial charge in [-0.05, 0) is 58.1 Å². The van der Waals surface area contributed by atoms with Gasteiger partial charge in [0.25, 0.3) is 5.91 Å². The smallest absolute Gasteiger partial charge is 0.256 e. The van der Waals surface area contributed by atoms with Gasteiger partial charge in [-0.25, -0.2) is 4.39 Å². The largest absolute Gasteiger partial charge is 0.321 e. The molecule has 0 aliphatic carbocycles. The number of rotatable bonds is 3. The molecule has 2 nitrogen and oxygen atoms in total. The van der Waals surface area contributed by atoms with Gasteiger partial charge < -0.3 is 5.32 Å². The van der Waals surface area contributed by atoms with Crippen LogP contribution in [0.1, 0.15) is 41.3 Å². The van der Waals surface area contributed by atoms with Crippen molar-refractivity contribution in [1.82, 2.24) is 0 Å². The van der Waals surface area contributed by atoms with Crippen molar-refractivity contribution in [2.45, 2.75) is 26.7 Å². The quantitative estimate of drug-likeness (QED) is 0.803. The van der Waals surface area contributed by atoms with E-state index >= 15 is 0 Å². The summed E-state index contributed by atoms with van der Waals surface area (Å²) in [5.74, 6) is -0.327. The lowest BCUT2D eigenvalue weighted by Gasteiger charge is -2.16. The lowest BCUT2D eigenvalue weighted by atomic mass is 9.98. The number of halogens is 2. The second-order valence-electron chi connectivity index (χ2n) is 5.27.